The number of hydrogen-bond acceptors (Lipinski definition) is 2. The summed E-state index contributed by atoms with van der Waals surface area (Å²) in [6.45, 7) is 0. The molecule has 0 fully saturated rings. The van der Waals surface area contributed by atoms with Crippen LogP contribution < -0.4 is 13.1 Å². The van der Waals surface area contributed by atoms with Gasteiger partial charge in [0.2, 0.25) is 0 Å². The fraction of sp³-hybridized carbons (Fsp3) is 0. The summed E-state index contributed by atoms with van der Waals surface area (Å²) in [5, 5.41) is 0. The van der Waals surface area contributed by atoms with E-state index in [9.17, 15) is 0 Å². The Bertz CT molecular complexity index is 1200. The molecular weight excluding hydrogens is 451 g/mol. The SMILES string of the molecule is c1ccc(-c2cc3c(s2)-c2sc(-c4ccccc4)cc2[As]3c2ccccc2)cc1. The second-order valence-corrected chi connectivity index (χ2v) is 13.7. The molecule has 0 atom stereocenters. The van der Waals surface area contributed by atoms with Gasteiger partial charge in [0.05, 0.1) is 0 Å². The fourth-order valence-electron chi connectivity index (χ4n) is 3.89. The molecule has 138 valence electrons. The van der Waals surface area contributed by atoms with Gasteiger partial charge >= 0.3 is 184 Å². The first-order valence-electron chi connectivity index (χ1n) is 9.62. The number of benzene rings is 3. The number of rotatable bonds is 3. The molecule has 6 rings (SSSR count). The van der Waals surface area contributed by atoms with E-state index in [0.29, 0.717) is 0 Å². The number of fused-ring (bicyclic) bond motifs is 3. The molecule has 0 radical (unpaired) electrons. The van der Waals surface area contributed by atoms with E-state index in [2.05, 4.69) is 103 Å². The Morgan fingerprint density at radius 2 is 0.897 bits per heavy atom. The van der Waals surface area contributed by atoms with E-state index in [0.717, 1.165) is 0 Å². The summed E-state index contributed by atoms with van der Waals surface area (Å²) < 4.78 is 4.73. The standard InChI is InChI=1S/C26H17AsS2/c1-4-10-18(11-5-1)23-16-21-25(28-23)26-22(27(21)20-14-8-3-9-15-20)17-24(29-26)19-12-6-2-7-13-19/h1-17H. The zero-order valence-electron chi connectivity index (χ0n) is 15.6. The summed E-state index contributed by atoms with van der Waals surface area (Å²) in [6, 6.07) is 37.8. The van der Waals surface area contributed by atoms with Crippen molar-refractivity contribution in [2.45, 2.75) is 0 Å². The first-order valence-corrected chi connectivity index (χ1v) is 14.1. The van der Waals surface area contributed by atoms with Crippen LogP contribution in [0.15, 0.2) is 103 Å². The Hall–Kier alpha value is -2.38. The van der Waals surface area contributed by atoms with Crippen molar-refractivity contribution in [1.82, 2.24) is 0 Å². The van der Waals surface area contributed by atoms with E-state index in [-0.39, 0.29) is 0 Å². The van der Waals surface area contributed by atoms with Crippen molar-refractivity contribution >= 4 is 50.4 Å². The summed E-state index contributed by atoms with van der Waals surface area (Å²) >= 11 is 2.44. The molecule has 0 saturated heterocycles. The second-order valence-electron chi connectivity index (χ2n) is 7.05. The van der Waals surface area contributed by atoms with E-state index >= 15 is 0 Å². The molecule has 2 aromatic heterocycles. The quantitative estimate of drug-likeness (QED) is 0.295. The average Bonchev–Trinajstić information content (AvgIpc) is 3.46. The Balaban J connectivity index is 1.55. The van der Waals surface area contributed by atoms with Crippen molar-refractivity contribution in [3.8, 4) is 30.6 Å². The summed E-state index contributed by atoms with van der Waals surface area (Å²) in [4.78, 5) is 5.81. The van der Waals surface area contributed by atoms with Crippen LogP contribution in [0.5, 0.6) is 0 Å². The molecular formula is C26H17AsS2. The maximum absolute atomic E-state index is 2.48. The van der Waals surface area contributed by atoms with Crippen molar-refractivity contribution in [1.29, 1.82) is 0 Å². The third kappa shape index (κ3) is 2.95. The van der Waals surface area contributed by atoms with Crippen LogP contribution in [0.1, 0.15) is 0 Å². The Kier molecular flexibility index (Phi) is 4.30. The Morgan fingerprint density at radius 3 is 1.34 bits per heavy atom. The predicted octanol–water partition coefficient (Wildman–Crippen LogP) is 5.64. The normalized spacial score (nSPS) is 12.7. The topological polar surface area (TPSA) is 0 Å². The molecule has 0 bridgehead atoms. The monoisotopic (exact) mass is 468 g/mol. The predicted molar refractivity (Wildman–Crippen MR) is 130 cm³/mol. The summed E-state index contributed by atoms with van der Waals surface area (Å²) in [5.74, 6) is 0. The van der Waals surface area contributed by atoms with Gasteiger partial charge in [-0.2, -0.15) is 0 Å². The summed E-state index contributed by atoms with van der Waals surface area (Å²) in [5.41, 5.74) is 2.66. The van der Waals surface area contributed by atoms with Crippen molar-refractivity contribution in [3.63, 3.8) is 0 Å². The van der Waals surface area contributed by atoms with E-state index in [1.165, 1.54) is 35.0 Å². The zero-order valence-corrected chi connectivity index (χ0v) is 19.1. The van der Waals surface area contributed by atoms with Gasteiger partial charge in [-0.05, 0) is 0 Å². The van der Waals surface area contributed by atoms with Gasteiger partial charge in [0, 0.05) is 0 Å². The fourth-order valence-corrected chi connectivity index (χ4v) is 13.5. The van der Waals surface area contributed by atoms with Crippen LogP contribution >= 0.6 is 22.7 Å². The molecule has 0 nitrogen and oxygen atoms in total. The average molecular weight is 468 g/mol. The van der Waals surface area contributed by atoms with Gasteiger partial charge in [-0.15, -0.1) is 0 Å². The maximum atomic E-state index is 2.48. The van der Waals surface area contributed by atoms with E-state index < -0.39 is 14.7 Å². The molecule has 0 saturated carbocycles. The van der Waals surface area contributed by atoms with E-state index in [4.69, 9.17) is 0 Å². The molecule has 3 heteroatoms. The van der Waals surface area contributed by atoms with Crippen molar-refractivity contribution in [2.75, 3.05) is 0 Å². The first kappa shape index (κ1) is 17.5. The summed E-state index contributed by atoms with van der Waals surface area (Å²) in [7, 11) is 0. The van der Waals surface area contributed by atoms with Crippen LogP contribution in [0, 0.1) is 0 Å². The molecule has 1 aliphatic rings. The number of hydrogen-bond donors (Lipinski definition) is 0. The molecule has 29 heavy (non-hydrogen) atoms. The van der Waals surface area contributed by atoms with Crippen molar-refractivity contribution in [3.05, 3.63) is 103 Å². The third-order valence-electron chi connectivity index (χ3n) is 5.24. The molecule has 0 aliphatic carbocycles. The van der Waals surface area contributed by atoms with Gasteiger partial charge in [-0.3, -0.25) is 0 Å². The van der Waals surface area contributed by atoms with Crippen LogP contribution in [0.3, 0.4) is 0 Å². The number of thiophene rings is 2. The van der Waals surface area contributed by atoms with Crippen LogP contribution in [0.2, 0.25) is 0 Å². The second kappa shape index (κ2) is 7.14. The molecule has 3 aromatic carbocycles. The van der Waals surface area contributed by atoms with E-state index in [1.54, 1.807) is 8.70 Å². The van der Waals surface area contributed by atoms with Gasteiger partial charge in [0.25, 0.3) is 0 Å². The van der Waals surface area contributed by atoms with Crippen LogP contribution in [0.25, 0.3) is 30.6 Å². The van der Waals surface area contributed by atoms with Gasteiger partial charge in [-0.1, -0.05) is 0 Å². The molecule has 0 unspecified atom stereocenters. The van der Waals surface area contributed by atoms with Crippen LogP contribution in [0.4, 0.5) is 0 Å². The summed E-state index contributed by atoms with van der Waals surface area (Å²) in [6.07, 6.45) is 0. The zero-order chi connectivity index (χ0) is 19.2. The molecule has 0 N–H and O–H groups in total. The van der Waals surface area contributed by atoms with Gasteiger partial charge < -0.3 is 0 Å². The minimum atomic E-state index is -1.51. The van der Waals surface area contributed by atoms with Gasteiger partial charge in [0.1, 0.15) is 0 Å². The van der Waals surface area contributed by atoms with Crippen molar-refractivity contribution in [2.24, 2.45) is 0 Å². The first-order chi connectivity index (χ1) is 14.4. The third-order valence-corrected chi connectivity index (χ3v) is 13.6. The molecule has 0 spiro atoms. The van der Waals surface area contributed by atoms with E-state index in [1.807, 2.05) is 22.7 Å². The molecule has 5 aromatic rings. The molecule has 1 aliphatic heterocycles. The van der Waals surface area contributed by atoms with Gasteiger partial charge in [0.15, 0.2) is 0 Å². The van der Waals surface area contributed by atoms with Crippen molar-refractivity contribution < 1.29 is 0 Å². The Morgan fingerprint density at radius 1 is 0.483 bits per heavy atom. The van der Waals surface area contributed by atoms with Crippen LogP contribution in [-0.4, -0.2) is 14.7 Å². The Labute approximate surface area is 183 Å². The van der Waals surface area contributed by atoms with Gasteiger partial charge in [-0.25, -0.2) is 0 Å². The molecule has 3 heterocycles. The van der Waals surface area contributed by atoms with Crippen LogP contribution in [-0.2, 0) is 0 Å². The minimum absolute atomic E-state index is 1.33. The molecule has 0 amide bonds.